The maximum absolute atomic E-state index is 15.5. The van der Waals surface area contributed by atoms with Gasteiger partial charge in [0.15, 0.2) is 0 Å². The fourth-order valence-electron chi connectivity index (χ4n) is 11.8. The van der Waals surface area contributed by atoms with Crippen molar-refractivity contribution in [3.8, 4) is 22.3 Å². The highest BCUT2D eigenvalue weighted by Gasteiger charge is 2.39. The molecule has 4 amide bonds. The van der Waals surface area contributed by atoms with Gasteiger partial charge in [-0.05, 0) is 130 Å². The van der Waals surface area contributed by atoms with Crippen LogP contribution >= 0.6 is 0 Å². The number of hydrogen-bond donors (Lipinski definition) is 0. The minimum absolute atomic E-state index is 0.196. The van der Waals surface area contributed by atoms with Crippen molar-refractivity contribution in [2.75, 3.05) is 13.1 Å². The molecular weight excluding hydrogens is 909 g/mol. The second-order valence-electron chi connectivity index (χ2n) is 26.2. The molecule has 0 aromatic heterocycles. The van der Waals surface area contributed by atoms with Crippen molar-refractivity contribution in [1.82, 2.24) is 9.80 Å². The smallest absolute Gasteiger partial charge is 0.261 e. The average Bonchev–Trinajstić information content (AvgIpc) is 3.34. The number of fused-ring (bicyclic) bond motifs is 2. The zero-order valence-electron chi connectivity index (χ0n) is 47.4. The molecule has 0 saturated carbocycles. The summed E-state index contributed by atoms with van der Waals surface area (Å²) in [5.74, 6) is -1.02. The van der Waals surface area contributed by atoms with Gasteiger partial charge >= 0.3 is 0 Å². The lowest BCUT2D eigenvalue weighted by Gasteiger charge is -2.32. The van der Waals surface area contributed by atoms with Gasteiger partial charge in [0, 0.05) is 51.5 Å². The normalized spacial score (nSPS) is 14.6. The van der Waals surface area contributed by atoms with Crippen molar-refractivity contribution in [1.29, 1.82) is 0 Å². The molecule has 0 atom stereocenters. The number of amides is 4. The third kappa shape index (κ3) is 9.46. The number of unbranched alkanes of at least 4 members (excludes halogenated alkanes) is 10. The van der Waals surface area contributed by atoms with Crippen LogP contribution in [0.2, 0.25) is 0 Å². The number of imide groups is 2. The van der Waals surface area contributed by atoms with Gasteiger partial charge in [-0.3, -0.25) is 29.0 Å². The lowest BCUT2D eigenvalue weighted by atomic mass is 9.75. The minimum Gasteiger partial charge on any atom is -0.274 e. The fourth-order valence-corrected chi connectivity index (χ4v) is 11.8. The van der Waals surface area contributed by atoms with E-state index in [0.717, 1.165) is 119 Å². The Kier molecular flexibility index (Phi) is 14.1. The van der Waals surface area contributed by atoms with E-state index in [0.29, 0.717) is 46.1 Å². The molecular formula is C68H82N2O4. The summed E-state index contributed by atoms with van der Waals surface area (Å²) in [6, 6.07) is 26.1. The van der Waals surface area contributed by atoms with E-state index in [2.05, 4.69) is 158 Å². The predicted octanol–water partition coefficient (Wildman–Crippen LogP) is 18.2. The van der Waals surface area contributed by atoms with E-state index in [4.69, 9.17) is 0 Å². The van der Waals surface area contributed by atoms with Crippen LogP contribution in [0.25, 0.3) is 65.3 Å². The van der Waals surface area contributed by atoms with Crippen LogP contribution in [0, 0.1) is 0 Å². The molecule has 0 saturated heterocycles. The number of nitrogens with zero attached hydrogens (tertiary/aromatic N) is 2. The molecule has 74 heavy (non-hydrogen) atoms. The Morgan fingerprint density at radius 3 is 0.959 bits per heavy atom. The second-order valence-corrected chi connectivity index (χ2v) is 26.2. The summed E-state index contributed by atoms with van der Waals surface area (Å²) in [7, 11) is 0. The van der Waals surface area contributed by atoms with Crippen LogP contribution < -0.4 is 0 Å². The Balaban J connectivity index is 1.44. The van der Waals surface area contributed by atoms with E-state index in [1.165, 1.54) is 44.9 Å². The van der Waals surface area contributed by atoms with Gasteiger partial charge < -0.3 is 0 Å². The largest absolute Gasteiger partial charge is 0.274 e. The topological polar surface area (TPSA) is 74.8 Å². The first-order valence-corrected chi connectivity index (χ1v) is 28.2. The molecule has 0 unspecified atom stereocenters. The van der Waals surface area contributed by atoms with Crippen LogP contribution in [0.5, 0.6) is 0 Å². The van der Waals surface area contributed by atoms with Crippen molar-refractivity contribution in [3.63, 3.8) is 0 Å². The predicted molar refractivity (Wildman–Crippen MR) is 311 cm³/mol. The Morgan fingerprint density at radius 2 is 0.622 bits per heavy atom. The van der Waals surface area contributed by atoms with Crippen LogP contribution in [-0.2, 0) is 21.7 Å². The highest BCUT2D eigenvalue weighted by Crippen LogP contribution is 2.53. The summed E-state index contributed by atoms with van der Waals surface area (Å²) in [4.78, 5) is 63.6. The molecule has 0 radical (unpaired) electrons. The van der Waals surface area contributed by atoms with Crippen LogP contribution in [0.1, 0.15) is 238 Å². The van der Waals surface area contributed by atoms with E-state index in [1.54, 1.807) is 0 Å². The van der Waals surface area contributed by atoms with Crippen molar-refractivity contribution in [2.24, 2.45) is 0 Å². The van der Waals surface area contributed by atoms with E-state index >= 15 is 9.59 Å². The molecule has 0 fully saturated rings. The van der Waals surface area contributed by atoms with Crippen molar-refractivity contribution >= 4 is 66.7 Å². The van der Waals surface area contributed by atoms with Crippen LogP contribution in [0.15, 0.2) is 72.8 Å². The van der Waals surface area contributed by atoms with E-state index in [9.17, 15) is 9.59 Å². The molecule has 2 aliphatic rings. The second kappa shape index (κ2) is 19.7. The fraction of sp³-hybridized carbons (Fsp3) is 0.471. The molecule has 7 aromatic rings. The summed E-state index contributed by atoms with van der Waals surface area (Å²) < 4.78 is 0. The van der Waals surface area contributed by atoms with Crippen molar-refractivity contribution < 1.29 is 19.2 Å². The number of rotatable bonds is 16. The van der Waals surface area contributed by atoms with Crippen LogP contribution in [0.4, 0.5) is 0 Å². The molecule has 7 aromatic carbocycles. The Bertz CT molecular complexity index is 3110. The molecule has 0 N–H and O–H groups in total. The third-order valence-corrected chi connectivity index (χ3v) is 16.4. The first-order chi connectivity index (χ1) is 34.9. The van der Waals surface area contributed by atoms with E-state index in [-0.39, 0.29) is 45.3 Å². The average molecular weight is 991 g/mol. The van der Waals surface area contributed by atoms with Crippen molar-refractivity contribution in [3.05, 3.63) is 117 Å². The van der Waals surface area contributed by atoms with Gasteiger partial charge in [-0.1, -0.05) is 210 Å². The monoisotopic (exact) mass is 991 g/mol. The third-order valence-electron chi connectivity index (χ3n) is 16.4. The van der Waals surface area contributed by atoms with E-state index in [1.807, 2.05) is 12.1 Å². The maximum atomic E-state index is 15.5. The number of carbonyl (C=O) groups excluding carboxylic acids is 4. The van der Waals surface area contributed by atoms with Gasteiger partial charge in [0.2, 0.25) is 0 Å². The highest BCUT2D eigenvalue weighted by molar-refractivity contribution is 6.44. The number of carbonyl (C=O) groups is 4. The van der Waals surface area contributed by atoms with Gasteiger partial charge in [0.25, 0.3) is 23.6 Å². The molecule has 9 rings (SSSR count). The zero-order valence-corrected chi connectivity index (χ0v) is 47.4. The summed E-state index contributed by atoms with van der Waals surface area (Å²) in [5.41, 5.74) is 9.89. The molecule has 388 valence electrons. The quantitative estimate of drug-likeness (QED) is 0.0418. The first-order valence-electron chi connectivity index (χ1n) is 28.2. The standard InChI is InChI=1S/C68H82N2O4/c1-15-17-19-21-23-25-31-69-61(71)49-29-27-47-55-48(28-30-50(58(49)55)62(69)72)57-52(42-35-45(67(9,10)11)38-46(36-42)68(12,13)14)40-54-59-53(63(73)70(64(54)74)32-26-24-22-20-18-16-2)39-51(56(47)60(57)59)41-33-43(65(3,4)5)37-44(34-41)66(6,7)8/h27-30,33-40H,15-26,31-32H2,1-14H3. The minimum atomic E-state index is -0.256. The van der Waals surface area contributed by atoms with Crippen LogP contribution in [-0.4, -0.2) is 46.5 Å². The highest BCUT2D eigenvalue weighted by atomic mass is 16.2. The van der Waals surface area contributed by atoms with Gasteiger partial charge in [-0.2, -0.15) is 0 Å². The maximum Gasteiger partial charge on any atom is 0.261 e. The number of benzene rings is 7. The summed E-state index contributed by atoms with van der Waals surface area (Å²) in [6.45, 7) is 32.1. The molecule has 0 aliphatic carbocycles. The molecule has 2 aliphatic heterocycles. The molecule has 6 heteroatoms. The summed E-state index contributed by atoms with van der Waals surface area (Å²) in [6.07, 6.45) is 12.6. The molecule has 0 bridgehead atoms. The Morgan fingerprint density at radius 1 is 0.311 bits per heavy atom. The molecule has 2 heterocycles. The molecule has 6 nitrogen and oxygen atoms in total. The first kappa shape index (κ1) is 53.0. The van der Waals surface area contributed by atoms with Gasteiger partial charge in [-0.25, -0.2) is 0 Å². The Hall–Kier alpha value is -5.88. The molecule has 0 spiro atoms. The van der Waals surface area contributed by atoms with E-state index < -0.39 is 0 Å². The summed E-state index contributed by atoms with van der Waals surface area (Å²) >= 11 is 0. The lowest BCUT2D eigenvalue weighted by Crippen LogP contribution is -2.41. The van der Waals surface area contributed by atoms with Crippen molar-refractivity contribution in [2.45, 2.75) is 196 Å². The van der Waals surface area contributed by atoms with Gasteiger partial charge in [0.1, 0.15) is 0 Å². The zero-order chi connectivity index (χ0) is 53.4. The summed E-state index contributed by atoms with van der Waals surface area (Å²) in [5, 5.41) is 6.74. The van der Waals surface area contributed by atoms with Gasteiger partial charge in [0.05, 0.1) is 0 Å². The van der Waals surface area contributed by atoms with Gasteiger partial charge in [-0.15, -0.1) is 0 Å². The SMILES string of the molecule is CCCCCCCCN1C(=O)c2ccc3c4c(-c5cc(C(C)(C)C)cc(C(C)(C)C)c5)cc5c6c(cc(-c7cc(C(C)(C)C)cc(C(C)(C)C)c7)c(c7ccc(c2c37)C1=O)c64)C(=O)N(CCCCCCCC)C5=O. The van der Waals surface area contributed by atoms with Crippen LogP contribution in [0.3, 0.4) is 0 Å². The number of hydrogen-bond acceptors (Lipinski definition) is 4. The lowest BCUT2D eigenvalue weighted by molar-refractivity contribution is 0.0592. The Labute approximate surface area is 442 Å².